The molecule has 0 aliphatic heterocycles. The van der Waals surface area contributed by atoms with Crippen LogP contribution in [0, 0.1) is 5.92 Å². The van der Waals surface area contributed by atoms with E-state index in [4.69, 9.17) is 5.73 Å². The summed E-state index contributed by atoms with van der Waals surface area (Å²) in [6.45, 7) is 6.67. The SMILES string of the molecule is CCCC[C@@H](N)CC(C)C. The lowest BCUT2D eigenvalue weighted by Crippen LogP contribution is -2.21. The summed E-state index contributed by atoms with van der Waals surface area (Å²) >= 11 is 0. The second kappa shape index (κ2) is 5.72. The topological polar surface area (TPSA) is 26.0 Å². The normalized spacial score (nSPS) is 14.1. The summed E-state index contributed by atoms with van der Waals surface area (Å²) in [5.74, 6) is 0.756. The van der Waals surface area contributed by atoms with Gasteiger partial charge in [0, 0.05) is 6.04 Å². The summed E-state index contributed by atoms with van der Waals surface area (Å²) in [6, 6.07) is 0.444. The van der Waals surface area contributed by atoms with E-state index in [0.29, 0.717) is 6.04 Å². The Morgan fingerprint density at radius 3 is 2.30 bits per heavy atom. The van der Waals surface area contributed by atoms with Crippen molar-refractivity contribution in [3.05, 3.63) is 0 Å². The lowest BCUT2D eigenvalue weighted by molar-refractivity contribution is 0.461. The van der Waals surface area contributed by atoms with Crippen molar-refractivity contribution >= 4 is 0 Å². The zero-order valence-electron chi connectivity index (χ0n) is 7.56. The van der Waals surface area contributed by atoms with Gasteiger partial charge in [-0.3, -0.25) is 0 Å². The highest BCUT2D eigenvalue weighted by molar-refractivity contribution is 4.62. The van der Waals surface area contributed by atoms with Crippen molar-refractivity contribution in [2.24, 2.45) is 11.7 Å². The van der Waals surface area contributed by atoms with Gasteiger partial charge in [0.25, 0.3) is 0 Å². The fourth-order valence-electron chi connectivity index (χ4n) is 1.19. The second-order valence-electron chi connectivity index (χ2n) is 3.53. The molecule has 0 bridgehead atoms. The molecule has 0 aromatic rings. The molecule has 0 saturated heterocycles. The molecule has 2 N–H and O–H groups in total. The van der Waals surface area contributed by atoms with Crippen LogP contribution in [-0.2, 0) is 0 Å². The molecule has 1 atom stereocenters. The van der Waals surface area contributed by atoms with Gasteiger partial charge in [-0.2, -0.15) is 0 Å². The predicted molar refractivity (Wildman–Crippen MR) is 47.0 cm³/mol. The monoisotopic (exact) mass is 143 g/mol. The van der Waals surface area contributed by atoms with Crippen LogP contribution in [0.2, 0.25) is 0 Å². The Morgan fingerprint density at radius 2 is 1.90 bits per heavy atom. The van der Waals surface area contributed by atoms with E-state index in [2.05, 4.69) is 20.8 Å². The molecule has 0 fully saturated rings. The summed E-state index contributed by atoms with van der Waals surface area (Å²) in [5, 5.41) is 0. The summed E-state index contributed by atoms with van der Waals surface area (Å²) in [7, 11) is 0. The zero-order valence-corrected chi connectivity index (χ0v) is 7.56. The Bertz CT molecular complexity index is 69.1. The molecule has 1 nitrogen and oxygen atoms in total. The minimum atomic E-state index is 0.444. The van der Waals surface area contributed by atoms with Crippen molar-refractivity contribution in [3.8, 4) is 0 Å². The van der Waals surface area contributed by atoms with Crippen LogP contribution in [-0.4, -0.2) is 6.04 Å². The van der Waals surface area contributed by atoms with E-state index < -0.39 is 0 Å². The average molecular weight is 143 g/mol. The van der Waals surface area contributed by atoms with Crippen LogP contribution in [0.3, 0.4) is 0 Å². The summed E-state index contributed by atoms with van der Waals surface area (Å²) in [4.78, 5) is 0. The van der Waals surface area contributed by atoms with Gasteiger partial charge in [0.05, 0.1) is 0 Å². The van der Waals surface area contributed by atoms with E-state index in [1.165, 1.54) is 25.7 Å². The fourth-order valence-corrected chi connectivity index (χ4v) is 1.19. The third-order valence-corrected chi connectivity index (χ3v) is 1.70. The number of hydrogen-bond donors (Lipinski definition) is 1. The van der Waals surface area contributed by atoms with Gasteiger partial charge in [0.15, 0.2) is 0 Å². The Kier molecular flexibility index (Phi) is 5.70. The van der Waals surface area contributed by atoms with Crippen molar-refractivity contribution < 1.29 is 0 Å². The van der Waals surface area contributed by atoms with Gasteiger partial charge in [0.2, 0.25) is 0 Å². The molecule has 0 amide bonds. The van der Waals surface area contributed by atoms with Gasteiger partial charge in [-0.05, 0) is 18.8 Å². The van der Waals surface area contributed by atoms with Crippen LogP contribution in [0.5, 0.6) is 0 Å². The van der Waals surface area contributed by atoms with E-state index >= 15 is 0 Å². The van der Waals surface area contributed by atoms with Gasteiger partial charge < -0.3 is 5.73 Å². The first-order valence-corrected chi connectivity index (χ1v) is 4.42. The molecule has 0 aromatic carbocycles. The number of nitrogens with two attached hydrogens (primary N) is 1. The molecule has 0 radical (unpaired) electrons. The number of hydrogen-bond acceptors (Lipinski definition) is 1. The molecule has 0 saturated carbocycles. The van der Waals surface area contributed by atoms with E-state index in [0.717, 1.165) is 5.92 Å². The highest BCUT2D eigenvalue weighted by atomic mass is 14.6. The van der Waals surface area contributed by atoms with Gasteiger partial charge in [-0.15, -0.1) is 0 Å². The minimum absolute atomic E-state index is 0.444. The van der Waals surface area contributed by atoms with Gasteiger partial charge in [-0.25, -0.2) is 0 Å². The van der Waals surface area contributed by atoms with Crippen LogP contribution in [0.4, 0.5) is 0 Å². The molecule has 62 valence electrons. The second-order valence-corrected chi connectivity index (χ2v) is 3.53. The van der Waals surface area contributed by atoms with E-state index in [9.17, 15) is 0 Å². The molecular formula is C9H21N. The molecule has 0 aliphatic carbocycles. The Balaban J connectivity index is 3.16. The lowest BCUT2D eigenvalue weighted by Gasteiger charge is -2.12. The van der Waals surface area contributed by atoms with E-state index in [-0.39, 0.29) is 0 Å². The molecule has 10 heavy (non-hydrogen) atoms. The van der Waals surface area contributed by atoms with Crippen molar-refractivity contribution in [2.75, 3.05) is 0 Å². The fraction of sp³-hybridized carbons (Fsp3) is 1.00. The largest absolute Gasteiger partial charge is 0.328 e. The van der Waals surface area contributed by atoms with Crippen molar-refractivity contribution in [1.82, 2.24) is 0 Å². The number of unbranched alkanes of at least 4 members (excludes halogenated alkanes) is 1. The molecule has 0 unspecified atom stereocenters. The Labute approximate surface area is 65.0 Å². The van der Waals surface area contributed by atoms with Gasteiger partial charge in [-0.1, -0.05) is 33.6 Å². The molecule has 0 rings (SSSR count). The first-order chi connectivity index (χ1) is 4.66. The average Bonchev–Trinajstić information content (AvgIpc) is 1.82. The van der Waals surface area contributed by atoms with Crippen LogP contribution >= 0.6 is 0 Å². The van der Waals surface area contributed by atoms with Crippen molar-refractivity contribution in [1.29, 1.82) is 0 Å². The third kappa shape index (κ3) is 6.09. The lowest BCUT2D eigenvalue weighted by atomic mass is 10.0. The van der Waals surface area contributed by atoms with Crippen LogP contribution in [0.25, 0.3) is 0 Å². The van der Waals surface area contributed by atoms with Crippen LogP contribution in [0.1, 0.15) is 46.5 Å². The van der Waals surface area contributed by atoms with Crippen molar-refractivity contribution in [3.63, 3.8) is 0 Å². The maximum Gasteiger partial charge on any atom is 0.00412 e. The maximum absolute atomic E-state index is 5.86. The first kappa shape index (κ1) is 9.96. The summed E-state index contributed by atoms with van der Waals surface area (Å²) in [6.07, 6.45) is 4.94. The number of rotatable bonds is 5. The molecule has 1 heteroatoms. The van der Waals surface area contributed by atoms with Gasteiger partial charge >= 0.3 is 0 Å². The molecule has 0 aromatic heterocycles. The first-order valence-electron chi connectivity index (χ1n) is 4.42. The van der Waals surface area contributed by atoms with Gasteiger partial charge in [0.1, 0.15) is 0 Å². The van der Waals surface area contributed by atoms with Crippen LogP contribution < -0.4 is 5.73 Å². The molecule has 0 heterocycles. The van der Waals surface area contributed by atoms with Crippen molar-refractivity contribution in [2.45, 2.75) is 52.5 Å². The smallest absolute Gasteiger partial charge is 0.00412 e. The summed E-state index contributed by atoms with van der Waals surface area (Å²) < 4.78 is 0. The summed E-state index contributed by atoms with van der Waals surface area (Å²) in [5.41, 5.74) is 5.86. The third-order valence-electron chi connectivity index (χ3n) is 1.70. The highest BCUT2D eigenvalue weighted by Gasteiger charge is 2.03. The maximum atomic E-state index is 5.86. The molecular weight excluding hydrogens is 122 g/mol. The standard InChI is InChI=1S/C9H21N/c1-4-5-6-9(10)7-8(2)3/h8-9H,4-7,10H2,1-3H3/t9-/m1/s1. The molecule has 0 aliphatic rings. The quantitative estimate of drug-likeness (QED) is 0.629. The highest BCUT2D eigenvalue weighted by Crippen LogP contribution is 2.08. The van der Waals surface area contributed by atoms with E-state index in [1.54, 1.807) is 0 Å². The Hall–Kier alpha value is -0.0400. The van der Waals surface area contributed by atoms with Crippen LogP contribution in [0.15, 0.2) is 0 Å². The molecule has 0 spiro atoms. The Morgan fingerprint density at radius 1 is 1.30 bits per heavy atom. The minimum Gasteiger partial charge on any atom is -0.328 e. The zero-order chi connectivity index (χ0) is 7.98. The van der Waals surface area contributed by atoms with E-state index in [1.807, 2.05) is 0 Å². The predicted octanol–water partition coefficient (Wildman–Crippen LogP) is 2.55.